The second-order valence-corrected chi connectivity index (χ2v) is 6.75. The zero-order valence-corrected chi connectivity index (χ0v) is 16.2. The van der Waals surface area contributed by atoms with E-state index in [2.05, 4.69) is 27.5 Å². The number of rotatable bonds is 5. The predicted octanol–water partition coefficient (Wildman–Crippen LogP) is 4.46. The highest BCUT2D eigenvalue weighted by Gasteiger charge is 2.15. The van der Waals surface area contributed by atoms with Crippen molar-refractivity contribution in [3.8, 4) is 11.4 Å². The molecule has 28 heavy (non-hydrogen) atoms. The quantitative estimate of drug-likeness (QED) is 0.484. The van der Waals surface area contributed by atoms with Gasteiger partial charge in [-0.1, -0.05) is 12.1 Å². The van der Waals surface area contributed by atoms with Crippen molar-refractivity contribution in [2.75, 3.05) is 7.05 Å². The first-order valence-electron chi connectivity index (χ1n) is 9.29. The molecule has 0 spiro atoms. The van der Waals surface area contributed by atoms with Crippen LogP contribution in [-0.2, 0) is 13.1 Å². The number of aliphatic imine (C=N–C) groups is 1. The lowest BCUT2D eigenvalue weighted by Crippen LogP contribution is -2.09. The summed E-state index contributed by atoms with van der Waals surface area (Å²) in [4.78, 5) is 13.4. The van der Waals surface area contributed by atoms with Gasteiger partial charge in [-0.25, -0.2) is 14.4 Å². The van der Waals surface area contributed by atoms with E-state index in [0.29, 0.717) is 6.54 Å². The van der Waals surface area contributed by atoms with Crippen molar-refractivity contribution in [1.82, 2.24) is 19.1 Å². The first-order valence-corrected chi connectivity index (χ1v) is 9.29. The molecule has 0 unspecified atom stereocenters. The molecule has 4 aromatic rings. The topological polar surface area (TPSA) is 48.0 Å². The molecule has 2 aromatic carbocycles. The minimum atomic E-state index is -0.263. The number of fused-ring (bicyclic) bond motifs is 1. The van der Waals surface area contributed by atoms with E-state index in [1.165, 1.54) is 12.1 Å². The Bertz CT molecular complexity index is 1170. The van der Waals surface area contributed by atoms with Crippen molar-refractivity contribution in [3.63, 3.8) is 0 Å². The summed E-state index contributed by atoms with van der Waals surface area (Å²) < 4.78 is 18.0. The van der Waals surface area contributed by atoms with Crippen LogP contribution in [0.5, 0.6) is 0 Å². The summed E-state index contributed by atoms with van der Waals surface area (Å²) in [6, 6.07) is 11.0. The molecule has 0 radical (unpaired) electrons. The maximum atomic E-state index is 13.8. The van der Waals surface area contributed by atoms with E-state index in [4.69, 9.17) is 4.98 Å². The Morgan fingerprint density at radius 3 is 2.82 bits per heavy atom. The fraction of sp³-hybridized carbons (Fsp3) is 0.227. The van der Waals surface area contributed by atoms with E-state index < -0.39 is 0 Å². The van der Waals surface area contributed by atoms with Crippen molar-refractivity contribution >= 4 is 17.2 Å². The number of hydrogen-bond acceptors (Lipinski definition) is 3. The lowest BCUT2D eigenvalue weighted by Gasteiger charge is -2.11. The number of nitrogens with zero attached hydrogens (tertiary/aromatic N) is 5. The van der Waals surface area contributed by atoms with Crippen LogP contribution in [0, 0.1) is 12.7 Å². The standard InChI is InChI=1S/C22H22FN5/c1-4-28-20-8-6-16(13-24-3)11-19(20)26-21(28)14-27-10-9-25-22(27)18-12-17(23)7-5-15(18)2/h5-13H,4,14H2,1-3H3. The molecule has 5 nitrogen and oxygen atoms in total. The number of aryl methyl sites for hydroxylation is 2. The van der Waals surface area contributed by atoms with E-state index in [9.17, 15) is 4.39 Å². The van der Waals surface area contributed by atoms with Gasteiger partial charge in [0.25, 0.3) is 0 Å². The summed E-state index contributed by atoms with van der Waals surface area (Å²) in [6.45, 7) is 5.45. The largest absolute Gasteiger partial charge is 0.327 e. The third-order valence-electron chi connectivity index (χ3n) is 4.91. The maximum Gasteiger partial charge on any atom is 0.140 e. The van der Waals surface area contributed by atoms with Crippen LogP contribution in [-0.4, -0.2) is 32.4 Å². The Labute approximate surface area is 163 Å². The van der Waals surface area contributed by atoms with E-state index in [0.717, 1.165) is 45.9 Å². The first-order chi connectivity index (χ1) is 13.6. The molecule has 0 aliphatic rings. The van der Waals surface area contributed by atoms with Gasteiger partial charge in [-0.15, -0.1) is 0 Å². The summed E-state index contributed by atoms with van der Waals surface area (Å²) >= 11 is 0. The van der Waals surface area contributed by atoms with Crippen molar-refractivity contribution < 1.29 is 4.39 Å². The first kappa shape index (κ1) is 18.1. The maximum absolute atomic E-state index is 13.8. The molecule has 0 saturated heterocycles. The molecule has 0 N–H and O–H groups in total. The zero-order valence-electron chi connectivity index (χ0n) is 16.2. The number of aromatic nitrogens is 4. The molecular formula is C22H22FN5. The van der Waals surface area contributed by atoms with Gasteiger partial charge < -0.3 is 9.13 Å². The fourth-order valence-corrected chi connectivity index (χ4v) is 3.57. The van der Waals surface area contributed by atoms with Gasteiger partial charge in [-0.3, -0.25) is 4.99 Å². The van der Waals surface area contributed by atoms with Crippen LogP contribution in [0.25, 0.3) is 22.4 Å². The summed E-state index contributed by atoms with van der Waals surface area (Å²) in [6.07, 6.45) is 5.48. The second kappa shape index (κ2) is 7.38. The van der Waals surface area contributed by atoms with Gasteiger partial charge in [0.15, 0.2) is 0 Å². The van der Waals surface area contributed by atoms with Gasteiger partial charge in [0.2, 0.25) is 0 Å². The van der Waals surface area contributed by atoms with Gasteiger partial charge in [-0.05, 0) is 49.2 Å². The Kier molecular flexibility index (Phi) is 4.77. The average molecular weight is 375 g/mol. The van der Waals surface area contributed by atoms with Crippen LogP contribution in [0.3, 0.4) is 0 Å². The van der Waals surface area contributed by atoms with Gasteiger partial charge in [-0.2, -0.15) is 0 Å². The second-order valence-electron chi connectivity index (χ2n) is 6.75. The van der Waals surface area contributed by atoms with Crippen molar-refractivity contribution in [1.29, 1.82) is 0 Å². The van der Waals surface area contributed by atoms with E-state index in [-0.39, 0.29) is 5.82 Å². The Morgan fingerprint density at radius 1 is 1.18 bits per heavy atom. The molecule has 0 saturated carbocycles. The van der Waals surface area contributed by atoms with Crippen molar-refractivity contribution in [2.45, 2.75) is 26.9 Å². The summed E-state index contributed by atoms with van der Waals surface area (Å²) in [5, 5.41) is 0. The van der Waals surface area contributed by atoms with Crippen LogP contribution in [0.2, 0.25) is 0 Å². The lowest BCUT2D eigenvalue weighted by molar-refractivity contribution is 0.627. The number of benzene rings is 2. The monoisotopic (exact) mass is 375 g/mol. The highest BCUT2D eigenvalue weighted by atomic mass is 19.1. The Balaban J connectivity index is 1.77. The van der Waals surface area contributed by atoms with Crippen LogP contribution in [0.15, 0.2) is 53.8 Å². The minimum Gasteiger partial charge on any atom is -0.327 e. The molecule has 0 fully saturated rings. The molecule has 0 atom stereocenters. The summed E-state index contributed by atoms with van der Waals surface area (Å²) in [5.41, 5.74) is 4.85. The van der Waals surface area contributed by atoms with Gasteiger partial charge in [0.05, 0.1) is 17.6 Å². The number of hydrogen-bond donors (Lipinski definition) is 0. The molecule has 2 heterocycles. The molecule has 0 aliphatic carbocycles. The van der Waals surface area contributed by atoms with Crippen LogP contribution >= 0.6 is 0 Å². The average Bonchev–Trinajstić information content (AvgIpc) is 3.27. The van der Waals surface area contributed by atoms with Gasteiger partial charge >= 0.3 is 0 Å². The third kappa shape index (κ3) is 3.22. The van der Waals surface area contributed by atoms with E-state index >= 15 is 0 Å². The zero-order chi connectivity index (χ0) is 19.7. The minimum absolute atomic E-state index is 0.263. The summed E-state index contributed by atoms with van der Waals surface area (Å²) in [7, 11) is 1.76. The van der Waals surface area contributed by atoms with Crippen LogP contribution < -0.4 is 0 Å². The van der Waals surface area contributed by atoms with Crippen molar-refractivity contribution in [2.24, 2.45) is 4.99 Å². The highest BCUT2D eigenvalue weighted by molar-refractivity contribution is 5.87. The fourth-order valence-electron chi connectivity index (χ4n) is 3.57. The Morgan fingerprint density at radius 2 is 2.04 bits per heavy atom. The molecule has 0 amide bonds. The van der Waals surface area contributed by atoms with E-state index in [1.807, 2.05) is 36.0 Å². The van der Waals surface area contributed by atoms with E-state index in [1.54, 1.807) is 19.3 Å². The lowest BCUT2D eigenvalue weighted by atomic mass is 10.1. The molecule has 2 aromatic heterocycles. The van der Waals surface area contributed by atoms with Crippen LogP contribution in [0.4, 0.5) is 4.39 Å². The summed E-state index contributed by atoms with van der Waals surface area (Å²) in [5.74, 6) is 1.42. The van der Waals surface area contributed by atoms with Crippen molar-refractivity contribution in [3.05, 3.63) is 71.6 Å². The van der Waals surface area contributed by atoms with Crippen LogP contribution in [0.1, 0.15) is 23.9 Å². The molecule has 4 rings (SSSR count). The van der Waals surface area contributed by atoms with Gasteiger partial charge in [0, 0.05) is 37.8 Å². The Hall–Kier alpha value is -3.28. The number of imidazole rings is 2. The molecule has 6 heteroatoms. The molecule has 142 valence electrons. The third-order valence-corrected chi connectivity index (χ3v) is 4.91. The SMILES string of the molecule is CCn1c(Cn2ccnc2-c2cc(F)ccc2C)nc2cc(C=NC)ccc21. The highest BCUT2D eigenvalue weighted by Crippen LogP contribution is 2.25. The molecule has 0 aliphatic heterocycles. The predicted molar refractivity (Wildman–Crippen MR) is 110 cm³/mol. The van der Waals surface area contributed by atoms with Gasteiger partial charge in [0.1, 0.15) is 17.5 Å². The molecular weight excluding hydrogens is 353 g/mol. The number of halogens is 1. The normalized spacial score (nSPS) is 11.7. The molecule has 0 bridgehead atoms. The smallest absolute Gasteiger partial charge is 0.140 e.